The molecule has 0 spiro atoms. The first kappa shape index (κ1) is 9.46. The highest BCUT2D eigenvalue weighted by Gasteiger charge is 2.10. The summed E-state index contributed by atoms with van der Waals surface area (Å²) in [4.78, 5) is 0. The largest absolute Gasteiger partial charge is 0.207 e. The molecule has 0 heterocycles. The van der Waals surface area contributed by atoms with Crippen molar-refractivity contribution in [3.63, 3.8) is 0 Å². The zero-order valence-electron chi connectivity index (χ0n) is 6.57. The van der Waals surface area contributed by atoms with Crippen LogP contribution in [0.1, 0.15) is 18.9 Å². The molecule has 0 N–H and O–H groups in total. The Balaban J connectivity index is 3.14. The lowest BCUT2D eigenvalue weighted by Gasteiger charge is -2.03. The monoisotopic (exact) mass is 189 g/mol. The van der Waals surface area contributed by atoms with Gasteiger partial charge in [0.15, 0.2) is 0 Å². The number of hydrogen-bond donors (Lipinski definition) is 0. The number of benzene rings is 1. The molecule has 1 radical (unpaired) electrons. The van der Waals surface area contributed by atoms with Crippen molar-refractivity contribution in [2.75, 3.05) is 0 Å². The van der Waals surface area contributed by atoms with Gasteiger partial charge in [-0.2, -0.15) is 0 Å². The van der Waals surface area contributed by atoms with Crippen molar-refractivity contribution in [2.45, 2.75) is 13.3 Å². The van der Waals surface area contributed by atoms with E-state index in [4.69, 9.17) is 11.6 Å². The summed E-state index contributed by atoms with van der Waals surface area (Å²) in [5, 5.41) is -0.142. The Labute approximate surface area is 75.2 Å². The van der Waals surface area contributed by atoms with Crippen molar-refractivity contribution in [3.05, 3.63) is 40.8 Å². The molecule has 1 aromatic carbocycles. The fourth-order valence-electron chi connectivity index (χ4n) is 0.934. The predicted octanol–water partition coefficient (Wildman–Crippen LogP) is 3.58. The van der Waals surface area contributed by atoms with Crippen molar-refractivity contribution in [1.29, 1.82) is 0 Å². The van der Waals surface area contributed by atoms with Gasteiger partial charge in [-0.3, -0.25) is 0 Å². The fraction of sp³-hybridized carbons (Fsp3) is 0.222. The third kappa shape index (κ3) is 1.75. The van der Waals surface area contributed by atoms with E-state index in [0.717, 1.165) is 12.1 Å². The number of halogens is 3. The van der Waals surface area contributed by atoms with Gasteiger partial charge in [0.05, 0.1) is 5.02 Å². The molecule has 0 saturated carbocycles. The minimum Gasteiger partial charge on any atom is -0.207 e. The molecular weight excluding hydrogens is 182 g/mol. The molecule has 0 aliphatic heterocycles. The molecule has 0 amide bonds. The molecule has 1 rings (SSSR count). The van der Waals surface area contributed by atoms with Crippen molar-refractivity contribution in [2.24, 2.45) is 0 Å². The molecular formula is C9H8ClF2. The zero-order chi connectivity index (χ0) is 9.14. The van der Waals surface area contributed by atoms with Gasteiger partial charge in [0.2, 0.25) is 0 Å². The van der Waals surface area contributed by atoms with E-state index in [2.05, 4.69) is 0 Å². The van der Waals surface area contributed by atoms with Crippen molar-refractivity contribution in [3.8, 4) is 0 Å². The lowest BCUT2D eigenvalue weighted by Crippen LogP contribution is -1.91. The summed E-state index contributed by atoms with van der Waals surface area (Å²) < 4.78 is 25.7. The summed E-state index contributed by atoms with van der Waals surface area (Å²) in [5.41, 5.74) is 0.152. The van der Waals surface area contributed by atoms with Gasteiger partial charge in [0, 0.05) is 5.56 Å². The second-order valence-electron chi connectivity index (χ2n) is 2.37. The van der Waals surface area contributed by atoms with Crippen LogP contribution in [0.15, 0.2) is 12.1 Å². The number of rotatable bonds is 2. The van der Waals surface area contributed by atoms with Gasteiger partial charge in [0.1, 0.15) is 11.6 Å². The highest BCUT2D eigenvalue weighted by Crippen LogP contribution is 2.24. The maximum Gasteiger partial charge on any atom is 0.142 e. The SMILES string of the molecule is CC[CH]c1c(F)ccc(F)c1Cl. The molecule has 0 aromatic heterocycles. The molecule has 0 nitrogen and oxygen atoms in total. The first-order chi connectivity index (χ1) is 5.66. The summed E-state index contributed by atoms with van der Waals surface area (Å²) in [7, 11) is 0. The Morgan fingerprint density at radius 2 is 1.92 bits per heavy atom. The van der Waals surface area contributed by atoms with Gasteiger partial charge < -0.3 is 0 Å². The Morgan fingerprint density at radius 1 is 1.33 bits per heavy atom. The van der Waals surface area contributed by atoms with Crippen molar-refractivity contribution >= 4 is 11.6 Å². The van der Waals surface area contributed by atoms with Crippen LogP contribution in [0, 0.1) is 18.1 Å². The lowest BCUT2D eigenvalue weighted by atomic mass is 10.1. The standard InChI is InChI=1S/C9H8ClF2/c1-2-3-6-7(11)4-5-8(12)9(6)10/h3-5H,2H2,1H3. The first-order valence-corrected chi connectivity index (χ1v) is 4.01. The van der Waals surface area contributed by atoms with E-state index in [9.17, 15) is 8.78 Å². The Kier molecular flexibility index (Phi) is 3.04. The smallest absolute Gasteiger partial charge is 0.142 e. The average Bonchev–Trinajstić information content (AvgIpc) is 2.06. The molecule has 0 fully saturated rings. The minimum absolute atomic E-state index is 0.142. The summed E-state index contributed by atoms with van der Waals surface area (Å²) in [6.07, 6.45) is 2.18. The van der Waals surface area contributed by atoms with Crippen LogP contribution in [-0.2, 0) is 0 Å². The van der Waals surface area contributed by atoms with Crippen LogP contribution in [0.4, 0.5) is 8.78 Å². The van der Waals surface area contributed by atoms with Gasteiger partial charge in [-0.25, -0.2) is 8.78 Å². The topological polar surface area (TPSA) is 0 Å². The van der Waals surface area contributed by atoms with Crippen LogP contribution in [0.25, 0.3) is 0 Å². The molecule has 1 aromatic rings. The van der Waals surface area contributed by atoms with E-state index in [1.807, 2.05) is 6.92 Å². The molecule has 0 unspecified atom stereocenters. The van der Waals surface area contributed by atoms with E-state index in [1.54, 1.807) is 6.42 Å². The van der Waals surface area contributed by atoms with Crippen LogP contribution >= 0.6 is 11.6 Å². The lowest BCUT2D eigenvalue weighted by molar-refractivity contribution is 0.593. The van der Waals surface area contributed by atoms with E-state index in [0.29, 0.717) is 6.42 Å². The molecule has 0 atom stereocenters. The van der Waals surface area contributed by atoms with Gasteiger partial charge in [0.25, 0.3) is 0 Å². The molecule has 0 aliphatic rings. The third-order valence-corrected chi connectivity index (χ3v) is 1.87. The van der Waals surface area contributed by atoms with Crippen LogP contribution in [0.2, 0.25) is 5.02 Å². The van der Waals surface area contributed by atoms with E-state index >= 15 is 0 Å². The fourth-order valence-corrected chi connectivity index (χ4v) is 1.16. The highest BCUT2D eigenvalue weighted by molar-refractivity contribution is 6.31. The van der Waals surface area contributed by atoms with Gasteiger partial charge in [-0.15, -0.1) is 0 Å². The minimum atomic E-state index is -0.585. The first-order valence-electron chi connectivity index (χ1n) is 3.63. The van der Waals surface area contributed by atoms with Crippen LogP contribution in [0.5, 0.6) is 0 Å². The van der Waals surface area contributed by atoms with Crippen molar-refractivity contribution < 1.29 is 8.78 Å². The summed E-state index contributed by atoms with van der Waals surface area (Å²) in [6, 6.07) is 2.09. The third-order valence-electron chi connectivity index (χ3n) is 1.49. The zero-order valence-corrected chi connectivity index (χ0v) is 7.33. The van der Waals surface area contributed by atoms with Gasteiger partial charge in [-0.05, 0) is 25.0 Å². The van der Waals surface area contributed by atoms with Crippen LogP contribution < -0.4 is 0 Å². The Bertz CT molecular complexity index is 284. The van der Waals surface area contributed by atoms with Crippen LogP contribution in [-0.4, -0.2) is 0 Å². The molecule has 0 bridgehead atoms. The Morgan fingerprint density at radius 3 is 2.50 bits per heavy atom. The summed E-state index contributed by atoms with van der Waals surface area (Å²) in [6.45, 7) is 1.83. The molecule has 3 heteroatoms. The normalized spacial score (nSPS) is 10.3. The molecule has 0 saturated heterocycles. The van der Waals surface area contributed by atoms with E-state index in [1.165, 1.54) is 0 Å². The number of hydrogen-bond acceptors (Lipinski definition) is 0. The van der Waals surface area contributed by atoms with Gasteiger partial charge in [-0.1, -0.05) is 18.5 Å². The molecule has 12 heavy (non-hydrogen) atoms. The second kappa shape index (κ2) is 3.85. The predicted molar refractivity (Wildman–Crippen MR) is 45.1 cm³/mol. The molecule has 0 aliphatic carbocycles. The van der Waals surface area contributed by atoms with Crippen LogP contribution in [0.3, 0.4) is 0 Å². The average molecular weight is 190 g/mol. The molecule has 65 valence electrons. The van der Waals surface area contributed by atoms with E-state index < -0.39 is 11.6 Å². The van der Waals surface area contributed by atoms with E-state index in [-0.39, 0.29) is 10.6 Å². The summed E-state index contributed by atoms with van der Waals surface area (Å²) >= 11 is 5.53. The quantitative estimate of drug-likeness (QED) is 0.624. The Hall–Kier alpha value is -0.630. The summed E-state index contributed by atoms with van der Waals surface area (Å²) in [5.74, 6) is -1.07. The maximum atomic E-state index is 12.9. The van der Waals surface area contributed by atoms with Crippen molar-refractivity contribution in [1.82, 2.24) is 0 Å². The maximum absolute atomic E-state index is 12.9. The highest BCUT2D eigenvalue weighted by atomic mass is 35.5. The second-order valence-corrected chi connectivity index (χ2v) is 2.75. The van der Waals surface area contributed by atoms with Gasteiger partial charge >= 0.3 is 0 Å².